The molecule has 18 heavy (non-hydrogen) atoms. The molecule has 3 nitrogen and oxygen atoms in total. The van der Waals surface area contributed by atoms with Gasteiger partial charge in [0.1, 0.15) is 11.6 Å². The lowest BCUT2D eigenvalue weighted by Gasteiger charge is -2.02. The summed E-state index contributed by atoms with van der Waals surface area (Å²) in [6, 6.07) is 5.31. The number of halogens is 1. The summed E-state index contributed by atoms with van der Waals surface area (Å²) in [6.07, 6.45) is 4.81. The summed E-state index contributed by atoms with van der Waals surface area (Å²) < 4.78 is 14.0. The van der Waals surface area contributed by atoms with Gasteiger partial charge in [-0.25, -0.2) is 9.37 Å². The maximum atomic E-state index is 14.0. The average Bonchev–Trinajstić information content (AvgIpc) is 3.01. The third-order valence-electron chi connectivity index (χ3n) is 3.68. The molecule has 4 heteroatoms. The number of benzene rings is 1. The van der Waals surface area contributed by atoms with Crippen molar-refractivity contribution in [2.24, 2.45) is 0 Å². The number of aryl methyl sites for hydroxylation is 1. The molecule has 0 atom stereocenters. The van der Waals surface area contributed by atoms with Crippen LogP contribution in [0.25, 0.3) is 11.4 Å². The molecule has 94 valence electrons. The molecular weight excluding hydrogens is 229 g/mol. The maximum Gasteiger partial charge on any atom is 0.184 e. The van der Waals surface area contributed by atoms with Gasteiger partial charge in [0, 0.05) is 5.92 Å². The van der Waals surface area contributed by atoms with Crippen LogP contribution in [0.4, 0.5) is 4.39 Å². The number of nitrogens with zero attached hydrogens (tertiary/aromatic N) is 2. The first-order valence-electron chi connectivity index (χ1n) is 6.43. The van der Waals surface area contributed by atoms with Crippen molar-refractivity contribution in [3.8, 4) is 11.4 Å². The van der Waals surface area contributed by atoms with E-state index in [0.29, 0.717) is 22.9 Å². The number of hydrogen-bond donors (Lipinski definition) is 1. The van der Waals surface area contributed by atoms with Crippen LogP contribution in [0.15, 0.2) is 18.2 Å². The number of rotatable bonds is 2. The van der Waals surface area contributed by atoms with Crippen LogP contribution < -0.4 is 0 Å². The molecule has 0 amide bonds. The molecule has 2 aromatic rings. The van der Waals surface area contributed by atoms with Crippen LogP contribution >= 0.6 is 0 Å². The fourth-order valence-corrected chi connectivity index (χ4v) is 2.60. The molecule has 0 saturated heterocycles. The highest BCUT2D eigenvalue weighted by atomic mass is 19.1. The minimum absolute atomic E-state index is 0.227. The Hall–Kier alpha value is -1.71. The highest BCUT2D eigenvalue weighted by Gasteiger charge is 2.21. The topological polar surface area (TPSA) is 41.6 Å². The fraction of sp³-hybridized carbons (Fsp3) is 0.429. The number of H-pyrrole nitrogens is 1. The van der Waals surface area contributed by atoms with Crippen LogP contribution in [-0.4, -0.2) is 15.2 Å². The van der Waals surface area contributed by atoms with Crippen molar-refractivity contribution in [1.29, 1.82) is 0 Å². The predicted molar refractivity (Wildman–Crippen MR) is 67.7 cm³/mol. The van der Waals surface area contributed by atoms with Crippen molar-refractivity contribution in [1.82, 2.24) is 15.2 Å². The first-order chi connectivity index (χ1) is 8.75. The second-order valence-corrected chi connectivity index (χ2v) is 4.96. The highest BCUT2D eigenvalue weighted by molar-refractivity contribution is 5.56. The van der Waals surface area contributed by atoms with E-state index in [-0.39, 0.29) is 5.82 Å². The molecule has 0 aliphatic heterocycles. The summed E-state index contributed by atoms with van der Waals surface area (Å²) in [7, 11) is 0. The Kier molecular flexibility index (Phi) is 2.86. The molecule has 1 saturated carbocycles. The van der Waals surface area contributed by atoms with Gasteiger partial charge in [-0.05, 0) is 31.4 Å². The molecule has 1 aromatic heterocycles. The second-order valence-electron chi connectivity index (χ2n) is 4.96. The fourth-order valence-electron chi connectivity index (χ4n) is 2.60. The van der Waals surface area contributed by atoms with E-state index >= 15 is 0 Å². The van der Waals surface area contributed by atoms with E-state index in [9.17, 15) is 4.39 Å². The monoisotopic (exact) mass is 245 g/mol. The third-order valence-corrected chi connectivity index (χ3v) is 3.68. The molecule has 0 bridgehead atoms. The largest absolute Gasteiger partial charge is 0.262 e. The smallest absolute Gasteiger partial charge is 0.184 e. The normalized spacial score (nSPS) is 16.3. The van der Waals surface area contributed by atoms with Gasteiger partial charge in [0.2, 0.25) is 0 Å². The van der Waals surface area contributed by atoms with Crippen molar-refractivity contribution in [2.75, 3.05) is 0 Å². The lowest BCUT2D eigenvalue weighted by Crippen LogP contribution is -1.95. The summed E-state index contributed by atoms with van der Waals surface area (Å²) in [5.74, 6) is 1.62. The SMILES string of the molecule is Cc1cccc(-c2n[nH]c(C3CCCC3)n2)c1F. The van der Waals surface area contributed by atoms with Gasteiger partial charge in [0.25, 0.3) is 0 Å². The highest BCUT2D eigenvalue weighted by Crippen LogP contribution is 2.33. The summed E-state index contributed by atoms with van der Waals surface area (Å²) >= 11 is 0. The van der Waals surface area contributed by atoms with Crippen LogP contribution in [0, 0.1) is 12.7 Å². The van der Waals surface area contributed by atoms with E-state index in [1.54, 1.807) is 19.1 Å². The van der Waals surface area contributed by atoms with E-state index in [4.69, 9.17) is 0 Å². The second kappa shape index (κ2) is 4.52. The Balaban J connectivity index is 1.95. The molecule has 1 aliphatic rings. The molecule has 1 heterocycles. The number of hydrogen-bond acceptors (Lipinski definition) is 2. The van der Waals surface area contributed by atoms with Crippen molar-refractivity contribution in [2.45, 2.75) is 38.5 Å². The summed E-state index contributed by atoms with van der Waals surface area (Å²) in [5.41, 5.74) is 1.11. The molecule has 0 spiro atoms. The first-order valence-corrected chi connectivity index (χ1v) is 6.43. The zero-order valence-corrected chi connectivity index (χ0v) is 10.4. The molecule has 0 unspecified atom stereocenters. The summed E-state index contributed by atoms with van der Waals surface area (Å²) in [4.78, 5) is 4.46. The molecule has 1 fully saturated rings. The van der Waals surface area contributed by atoms with Gasteiger partial charge in [-0.15, -0.1) is 0 Å². The Morgan fingerprint density at radius 2 is 2.06 bits per heavy atom. The van der Waals surface area contributed by atoms with Gasteiger partial charge in [-0.1, -0.05) is 25.0 Å². The van der Waals surface area contributed by atoms with Crippen molar-refractivity contribution >= 4 is 0 Å². The zero-order valence-electron chi connectivity index (χ0n) is 10.4. The van der Waals surface area contributed by atoms with Crippen LogP contribution in [0.3, 0.4) is 0 Å². The standard InChI is InChI=1S/C14H16FN3/c1-9-5-4-8-11(12(9)15)14-16-13(17-18-14)10-6-2-3-7-10/h4-5,8,10H,2-3,6-7H2,1H3,(H,16,17,18). The molecular formula is C14H16FN3. The quantitative estimate of drug-likeness (QED) is 0.878. The van der Waals surface area contributed by atoms with Crippen molar-refractivity contribution < 1.29 is 4.39 Å². The third kappa shape index (κ3) is 1.92. The van der Waals surface area contributed by atoms with Gasteiger partial charge in [0.05, 0.1) is 5.56 Å². The Morgan fingerprint density at radius 3 is 2.83 bits per heavy atom. The zero-order chi connectivity index (χ0) is 12.5. The van der Waals surface area contributed by atoms with E-state index in [1.165, 1.54) is 12.8 Å². The molecule has 0 radical (unpaired) electrons. The van der Waals surface area contributed by atoms with E-state index < -0.39 is 0 Å². The Bertz CT molecular complexity index is 556. The molecule has 1 N–H and O–H groups in total. The summed E-state index contributed by atoms with van der Waals surface area (Å²) in [6.45, 7) is 1.75. The van der Waals surface area contributed by atoms with Gasteiger partial charge >= 0.3 is 0 Å². The van der Waals surface area contributed by atoms with Crippen LogP contribution in [0.5, 0.6) is 0 Å². The minimum atomic E-state index is -0.227. The van der Waals surface area contributed by atoms with Crippen LogP contribution in [0.1, 0.15) is 43.0 Å². The Labute approximate surface area is 105 Å². The van der Waals surface area contributed by atoms with E-state index in [1.807, 2.05) is 6.07 Å². The number of aromatic amines is 1. The molecule has 1 aromatic carbocycles. The molecule has 1 aliphatic carbocycles. The van der Waals surface area contributed by atoms with Gasteiger partial charge < -0.3 is 0 Å². The maximum absolute atomic E-state index is 14.0. The van der Waals surface area contributed by atoms with Gasteiger partial charge in [-0.2, -0.15) is 5.10 Å². The van der Waals surface area contributed by atoms with Gasteiger partial charge in [0.15, 0.2) is 5.82 Å². The lowest BCUT2D eigenvalue weighted by molar-refractivity contribution is 0.620. The van der Waals surface area contributed by atoms with Crippen LogP contribution in [0.2, 0.25) is 0 Å². The Morgan fingerprint density at radius 1 is 1.28 bits per heavy atom. The lowest BCUT2D eigenvalue weighted by atomic mass is 10.1. The minimum Gasteiger partial charge on any atom is -0.262 e. The van der Waals surface area contributed by atoms with Crippen molar-refractivity contribution in [3.63, 3.8) is 0 Å². The van der Waals surface area contributed by atoms with E-state index in [2.05, 4.69) is 15.2 Å². The predicted octanol–water partition coefficient (Wildman–Crippen LogP) is 3.58. The van der Waals surface area contributed by atoms with Gasteiger partial charge in [-0.3, -0.25) is 5.10 Å². The van der Waals surface area contributed by atoms with E-state index in [0.717, 1.165) is 18.7 Å². The first kappa shape index (κ1) is 11.4. The van der Waals surface area contributed by atoms with Crippen LogP contribution in [-0.2, 0) is 0 Å². The number of aromatic nitrogens is 3. The number of nitrogens with one attached hydrogen (secondary N) is 1. The summed E-state index contributed by atoms with van der Waals surface area (Å²) in [5, 5.41) is 7.12. The average molecular weight is 245 g/mol. The molecule has 3 rings (SSSR count). The van der Waals surface area contributed by atoms with Crippen molar-refractivity contribution in [3.05, 3.63) is 35.4 Å².